The minimum Gasteiger partial charge on any atom is -0.495 e. The summed E-state index contributed by atoms with van der Waals surface area (Å²) in [6, 6.07) is 7.13. The molecule has 0 radical (unpaired) electrons. The summed E-state index contributed by atoms with van der Waals surface area (Å²) in [5.74, 6) is 0.450. The van der Waals surface area contributed by atoms with Crippen LogP contribution < -0.4 is 10.1 Å². The molecule has 3 rings (SSSR count). The van der Waals surface area contributed by atoms with Crippen molar-refractivity contribution in [2.45, 2.75) is 19.3 Å². The number of thiophene rings is 1. The van der Waals surface area contributed by atoms with Gasteiger partial charge in [-0.2, -0.15) is 0 Å². The number of carbonyl (C=O) groups is 2. The number of carbonyl (C=O) groups excluding carboxylic acids is 2. The average Bonchev–Trinajstić information content (AvgIpc) is 3.04. The molecule has 0 bridgehead atoms. The van der Waals surface area contributed by atoms with Crippen LogP contribution in [0.1, 0.15) is 26.5 Å². The first-order valence-corrected chi connectivity index (χ1v) is 9.56. The molecular weight excluding hydrogens is 372 g/mol. The molecule has 26 heavy (non-hydrogen) atoms. The van der Waals surface area contributed by atoms with Gasteiger partial charge in [-0.3, -0.25) is 9.59 Å². The number of benzene rings is 1. The predicted molar refractivity (Wildman–Crippen MR) is 104 cm³/mol. The SMILES string of the molecule is COc1ccc(NC(=O)[C@@H]2CCc3sc(C(=O)N(C)C)cc3C2)cc1Cl. The van der Waals surface area contributed by atoms with Gasteiger partial charge in [-0.05, 0) is 49.1 Å². The molecule has 0 unspecified atom stereocenters. The van der Waals surface area contributed by atoms with Crippen molar-refractivity contribution in [3.63, 3.8) is 0 Å². The quantitative estimate of drug-likeness (QED) is 0.859. The van der Waals surface area contributed by atoms with Crippen LogP contribution >= 0.6 is 22.9 Å². The van der Waals surface area contributed by atoms with E-state index in [1.165, 1.54) is 4.88 Å². The van der Waals surface area contributed by atoms with Crippen LogP contribution in [0.15, 0.2) is 24.3 Å². The van der Waals surface area contributed by atoms with Crippen LogP contribution in [0.4, 0.5) is 5.69 Å². The van der Waals surface area contributed by atoms with Gasteiger partial charge in [0.2, 0.25) is 5.91 Å². The number of aryl methyl sites for hydroxylation is 1. The van der Waals surface area contributed by atoms with Crippen molar-refractivity contribution in [2.24, 2.45) is 5.92 Å². The van der Waals surface area contributed by atoms with Gasteiger partial charge in [0.25, 0.3) is 5.91 Å². The molecule has 0 aliphatic heterocycles. The molecule has 1 heterocycles. The van der Waals surface area contributed by atoms with Gasteiger partial charge in [0.05, 0.1) is 17.0 Å². The second-order valence-electron chi connectivity index (χ2n) is 6.54. The number of ether oxygens (including phenoxy) is 1. The Hall–Kier alpha value is -2.05. The molecule has 0 spiro atoms. The second kappa shape index (κ2) is 7.68. The highest BCUT2D eigenvalue weighted by Gasteiger charge is 2.28. The summed E-state index contributed by atoms with van der Waals surface area (Å²) in [7, 11) is 5.05. The van der Waals surface area contributed by atoms with E-state index < -0.39 is 0 Å². The molecule has 138 valence electrons. The molecule has 5 nitrogen and oxygen atoms in total. The maximum Gasteiger partial charge on any atom is 0.263 e. The zero-order valence-corrected chi connectivity index (χ0v) is 16.5. The van der Waals surface area contributed by atoms with Crippen LogP contribution in [-0.4, -0.2) is 37.9 Å². The molecule has 2 amide bonds. The Balaban J connectivity index is 1.69. The lowest BCUT2D eigenvalue weighted by Crippen LogP contribution is -2.27. The molecule has 1 aromatic heterocycles. The number of hydrogen-bond donors (Lipinski definition) is 1. The zero-order valence-electron chi connectivity index (χ0n) is 15.0. The Morgan fingerprint density at radius 2 is 2.08 bits per heavy atom. The number of halogens is 1. The fraction of sp³-hybridized carbons (Fsp3) is 0.368. The number of amides is 2. The Morgan fingerprint density at radius 1 is 1.31 bits per heavy atom. The lowest BCUT2D eigenvalue weighted by molar-refractivity contribution is -0.120. The maximum atomic E-state index is 12.6. The fourth-order valence-electron chi connectivity index (χ4n) is 3.06. The number of methoxy groups -OCH3 is 1. The Bertz CT molecular complexity index is 847. The zero-order chi connectivity index (χ0) is 18.8. The molecule has 2 aromatic rings. The van der Waals surface area contributed by atoms with E-state index in [0.29, 0.717) is 22.9 Å². The summed E-state index contributed by atoms with van der Waals surface area (Å²) in [5, 5.41) is 3.39. The summed E-state index contributed by atoms with van der Waals surface area (Å²) in [4.78, 5) is 28.3. The molecular formula is C19H21ClN2O3S. The molecule has 1 aliphatic rings. The topological polar surface area (TPSA) is 58.6 Å². The van der Waals surface area contributed by atoms with Gasteiger partial charge in [-0.15, -0.1) is 11.3 Å². The summed E-state index contributed by atoms with van der Waals surface area (Å²) >= 11 is 7.65. The summed E-state index contributed by atoms with van der Waals surface area (Å²) in [6.45, 7) is 0. The van der Waals surface area contributed by atoms with Crippen molar-refractivity contribution in [1.82, 2.24) is 4.90 Å². The smallest absolute Gasteiger partial charge is 0.263 e. The van der Waals surface area contributed by atoms with E-state index in [0.717, 1.165) is 23.3 Å². The average molecular weight is 393 g/mol. The lowest BCUT2D eigenvalue weighted by atomic mass is 9.87. The number of nitrogens with one attached hydrogen (secondary N) is 1. The highest BCUT2D eigenvalue weighted by molar-refractivity contribution is 7.14. The van der Waals surface area contributed by atoms with Crippen molar-refractivity contribution < 1.29 is 14.3 Å². The van der Waals surface area contributed by atoms with Gasteiger partial charge < -0.3 is 15.0 Å². The number of fused-ring (bicyclic) bond motifs is 1. The first-order chi connectivity index (χ1) is 12.4. The summed E-state index contributed by atoms with van der Waals surface area (Å²) in [5.41, 5.74) is 1.76. The standard InChI is InChI=1S/C19H21ClN2O3S/c1-22(2)19(24)17-9-12-8-11(4-7-16(12)26-17)18(23)21-13-5-6-15(25-3)14(20)10-13/h5-6,9-11H,4,7-8H2,1-3H3,(H,21,23)/t11-/m1/s1. The number of anilines is 1. The van der Waals surface area contributed by atoms with Crippen molar-refractivity contribution in [3.8, 4) is 5.75 Å². The van der Waals surface area contributed by atoms with Crippen molar-refractivity contribution in [3.05, 3.63) is 44.6 Å². The molecule has 7 heteroatoms. The number of rotatable bonds is 4. The molecule has 1 aromatic carbocycles. The van der Waals surface area contributed by atoms with E-state index in [1.54, 1.807) is 55.6 Å². The van der Waals surface area contributed by atoms with Crippen molar-refractivity contribution in [1.29, 1.82) is 0 Å². The summed E-state index contributed by atoms with van der Waals surface area (Å²) < 4.78 is 5.12. The third-order valence-corrected chi connectivity index (χ3v) is 6.01. The predicted octanol–water partition coefficient (Wildman–Crippen LogP) is 3.86. The lowest BCUT2D eigenvalue weighted by Gasteiger charge is -2.21. The van der Waals surface area contributed by atoms with Gasteiger partial charge in [-0.1, -0.05) is 11.6 Å². The molecule has 1 aliphatic carbocycles. The molecule has 0 saturated carbocycles. The van der Waals surface area contributed by atoms with Crippen LogP contribution in [0.2, 0.25) is 5.02 Å². The highest BCUT2D eigenvalue weighted by Crippen LogP contribution is 2.34. The van der Waals surface area contributed by atoms with Crippen molar-refractivity contribution in [2.75, 3.05) is 26.5 Å². The van der Waals surface area contributed by atoms with Crippen LogP contribution in [0.25, 0.3) is 0 Å². The van der Waals surface area contributed by atoms with Crippen LogP contribution in [0, 0.1) is 5.92 Å². The van der Waals surface area contributed by atoms with Crippen LogP contribution in [0.3, 0.4) is 0 Å². The molecule has 0 saturated heterocycles. The summed E-state index contributed by atoms with van der Waals surface area (Å²) in [6.07, 6.45) is 2.25. The molecule has 1 N–H and O–H groups in total. The monoisotopic (exact) mass is 392 g/mol. The third-order valence-electron chi connectivity index (χ3n) is 4.49. The van der Waals surface area contributed by atoms with Crippen LogP contribution in [-0.2, 0) is 17.6 Å². The van der Waals surface area contributed by atoms with Gasteiger partial charge in [-0.25, -0.2) is 0 Å². The molecule has 1 atom stereocenters. The van der Waals surface area contributed by atoms with E-state index in [1.807, 2.05) is 6.07 Å². The largest absolute Gasteiger partial charge is 0.495 e. The van der Waals surface area contributed by atoms with Gasteiger partial charge in [0.15, 0.2) is 0 Å². The minimum absolute atomic E-state index is 0.0123. The first kappa shape index (κ1) is 18.7. The Labute approximate surface area is 161 Å². The van der Waals surface area contributed by atoms with Gasteiger partial charge in [0, 0.05) is 30.6 Å². The van der Waals surface area contributed by atoms with E-state index >= 15 is 0 Å². The van der Waals surface area contributed by atoms with Crippen molar-refractivity contribution >= 4 is 40.4 Å². The maximum absolute atomic E-state index is 12.6. The number of nitrogens with zero attached hydrogens (tertiary/aromatic N) is 1. The Morgan fingerprint density at radius 3 is 2.73 bits per heavy atom. The van der Waals surface area contributed by atoms with E-state index in [4.69, 9.17) is 16.3 Å². The normalized spacial score (nSPS) is 15.9. The van der Waals surface area contributed by atoms with Gasteiger partial charge >= 0.3 is 0 Å². The highest BCUT2D eigenvalue weighted by atomic mass is 35.5. The van der Waals surface area contributed by atoms with E-state index in [9.17, 15) is 9.59 Å². The fourth-order valence-corrected chi connectivity index (χ4v) is 4.55. The van der Waals surface area contributed by atoms with E-state index in [-0.39, 0.29) is 17.7 Å². The third kappa shape index (κ3) is 3.86. The van der Waals surface area contributed by atoms with Crippen LogP contribution in [0.5, 0.6) is 5.75 Å². The second-order valence-corrected chi connectivity index (χ2v) is 8.08. The minimum atomic E-state index is -0.111. The Kier molecular flexibility index (Phi) is 5.53. The molecule has 0 fully saturated rings. The van der Waals surface area contributed by atoms with Gasteiger partial charge in [0.1, 0.15) is 5.75 Å². The number of hydrogen-bond acceptors (Lipinski definition) is 4. The first-order valence-electron chi connectivity index (χ1n) is 8.36. The van der Waals surface area contributed by atoms with E-state index in [2.05, 4.69) is 5.32 Å².